The smallest absolute Gasteiger partial charge is 0.303 e. The lowest BCUT2D eigenvalue weighted by atomic mass is 10.1. The third-order valence-electron chi connectivity index (χ3n) is 3.90. The summed E-state index contributed by atoms with van der Waals surface area (Å²) in [6, 6.07) is 4.51. The summed E-state index contributed by atoms with van der Waals surface area (Å²) in [5.41, 5.74) is 0.489. The molecule has 1 aromatic carbocycles. The molecule has 24 heavy (non-hydrogen) atoms. The molecule has 6 nitrogen and oxygen atoms in total. The lowest BCUT2D eigenvalue weighted by Crippen LogP contribution is -2.41. The quantitative estimate of drug-likeness (QED) is 0.751. The highest BCUT2D eigenvalue weighted by Gasteiger charge is 2.38. The van der Waals surface area contributed by atoms with Crippen LogP contribution in [-0.4, -0.2) is 35.5 Å². The Bertz CT molecular complexity index is 665. The van der Waals surface area contributed by atoms with Crippen LogP contribution in [0.1, 0.15) is 26.2 Å². The summed E-state index contributed by atoms with van der Waals surface area (Å²) < 4.78 is 0. The highest BCUT2D eigenvalue weighted by Crippen LogP contribution is 2.33. The summed E-state index contributed by atoms with van der Waals surface area (Å²) in [5, 5.41) is 12.2. The van der Waals surface area contributed by atoms with Crippen molar-refractivity contribution >= 4 is 46.7 Å². The average molecular weight is 373 g/mol. The van der Waals surface area contributed by atoms with Gasteiger partial charge in [0.05, 0.1) is 10.7 Å². The fourth-order valence-electron chi connectivity index (χ4n) is 2.61. The van der Waals surface area contributed by atoms with E-state index in [4.69, 9.17) is 28.3 Å². The number of halogens is 2. The highest BCUT2D eigenvalue weighted by atomic mass is 35.5. The third-order valence-corrected chi connectivity index (χ3v) is 4.46. The van der Waals surface area contributed by atoms with Gasteiger partial charge >= 0.3 is 5.97 Å². The maximum absolute atomic E-state index is 12.5. The molecule has 2 atom stereocenters. The van der Waals surface area contributed by atoms with Crippen molar-refractivity contribution in [2.75, 3.05) is 11.4 Å². The molecule has 0 aromatic heterocycles. The monoisotopic (exact) mass is 372 g/mol. The number of anilines is 1. The molecular formula is C16H18Cl2N2O4. The predicted molar refractivity (Wildman–Crippen MR) is 91.4 cm³/mol. The number of hydrogen-bond acceptors (Lipinski definition) is 3. The van der Waals surface area contributed by atoms with Crippen molar-refractivity contribution < 1.29 is 19.5 Å². The summed E-state index contributed by atoms with van der Waals surface area (Å²) in [4.78, 5) is 36.8. The molecule has 1 aliphatic heterocycles. The molecule has 0 aliphatic carbocycles. The molecule has 1 aliphatic rings. The molecule has 1 aromatic rings. The zero-order valence-electron chi connectivity index (χ0n) is 13.1. The van der Waals surface area contributed by atoms with Crippen LogP contribution in [0.15, 0.2) is 18.2 Å². The Morgan fingerprint density at radius 3 is 2.79 bits per heavy atom. The first-order valence-electron chi connectivity index (χ1n) is 7.58. The molecule has 0 spiro atoms. The van der Waals surface area contributed by atoms with Crippen molar-refractivity contribution in [3.63, 3.8) is 0 Å². The molecule has 2 N–H and O–H groups in total. The fourth-order valence-corrected chi connectivity index (χ4v) is 3.00. The Morgan fingerprint density at radius 1 is 1.42 bits per heavy atom. The molecule has 8 heteroatoms. The molecule has 1 fully saturated rings. The largest absolute Gasteiger partial charge is 0.481 e. The molecule has 2 unspecified atom stereocenters. The molecule has 130 valence electrons. The van der Waals surface area contributed by atoms with Crippen LogP contribution in [0, 0.1) is 5.92 Å². The maximum atomic E-state index is 12.5. The summed E-state index contributed by atoms with van der Waals surface area (Å²) in [6.45, 7) is 2.09. The van der Waals surface area contributed by atoms with Crippen LogP contribution in [0.5, 0.6) is 0 Å². The van der Waals surface area contributed by atoms with Gasteiger partial charge in [0, 0.05) is 24.0 Å². The second kappa shape index (κ2) is 7.85. The van der Waals surface area contributed by atoms with Gasteiger partial charge in [-0.05, 0) is 38.0 Å². The van der Waals surface area contributed by atoms with Crippen LogP contribution in [0.2, 0.25) is 10.0 Å². The Balaban J connectivity index is 2.01. The second-order valence-electron chi connectivity index (χ2n) is 5.77. The topological polar surface area (TPSA) is 86.7 Å². The van der Waals surface area contributed by atoms with Crippen molar-refractivity contribution in [3.05, 3.63) is 28.2 Å². The van der Waals surface area contributed by atoms with Crippen LogP contribution in [-0.2, 0) is 14.4 Å². The Hall–Kier alpha value is -1.79. The first-order valence-corrected chi connectivity index (χ1v) is 8.33. The standard InChI is InChI=1S/C16H18Cl2N2O4/c1-9(2-5-14(21)22)19-15(23)11-6-7-20(16(11)24)13-8-10(17)3-4-12(13)18/h3-4,8-9,11H,2,5-7H2,1H3,(H,19,23)(H,21,22). The van der Waals surface area contributed by atoms with Gasteiger partial charge in [-0.2, -0.15) is 0 Å². The van der Waals surface area contributed by atoms with Gasteiger partial charge in [-0.3, -0.25) is 14.4 Å². The summed E-state index contributed by atoms with van der Waals surface area (Å²) in [7, 11) is 0. The number of hydrogen-bond donors (Lipinski definition) is 2. The summed E-state index contributed by atoms with van der Waals surface area (Å²) >= 11 is 12.1. The van der Waals surface area contributed by atoms with Crippen LogP contribution < -0.4 is 10.2 Å². The average Bonchev–Trinajstić information content (AvgIpc) is 2.89. The number of carbonyl (C=O) groups excluding carboxylic acids is 2. The number of carboxylic acid groups (broad SMARTS) is 1. The van der Waals surface area contributed by atoms with E-state index in [0.717, 1.165) is 0 Å². The zero-order valence-corrected chi connectivity index (χ0v) is 14.6. The van der Waals surface area contributed by atoms with Crippen LogP contribution in [0.4, 0.5) is 5.69 Å². The van der Waals surface area contributed by atoms with E-state index in [2.05, 4.69) is 5.32 Å². The van der Waals surface area contributed by atoms with Gasteiger partial charge in [-0.1, -0.05) is 23.2 Å². The first kappa shape index (κ1) is 18.5. The van der Waals surface area contributed by atoms with Crippen LogP contribution in [0.3, 0.4) is 0 Å². The fraction of sp³-hybridized carbons (Fsp3) is 0.438. The number of amides is 2. The third kappa shape index (κ3) is 4.39. The van der Waals surface area contributed by atoms with Gasteiger partial charge in [0.2, 0.25) is 11.8 Å². The number of aliphatic carboxylic acids is 1. The Labute approximate surface area is 149 Å². The lowest BCUT2D eigenvalue weighted by molar-refractivity contribution is -0.138. The molecule has 0 saturated carbocycles. The van der Waals surface area contributed by atoms with E-state index < -0.39 is 17.8 Å². The summed E-state index contributed by atoms with van der Waals surface area (Å²) in [6.07, 6.45) is 0.648. The van der Waals surface area contributed by atoms with Crippen LogP contribution in [0.25, 0.3) is 0 Å². The maximum Gasteiger partial charge on any atom is 0.303 e. The van der Waals surface area contributed by atoms with Crippen LogP contribution >= 0.6 is 23.2 Å². The van der Waals surface area contributed by atoms with E-state index in [1.807, 2.05) is 0 Å². The molecular weight excluding hydrogens is 355 g/mol. The SMILES string of the molecule is CC(CCC(=O)O)NC(=O)C1CCN(c2cc(Cl)ccc2Cl)C1=O. The van der Waals surface area contributed by atoms with E-state index in [1.165, 1.54) is 4.90 Å². The van der Waals surface area contributed by atoms with Crippen molar-refractivity contribution in [1.82, 2.24) is 5.32 Å². The van der Waals surface area contributed by atoms with Gasteiger partial charge in [0.15, 0.2) is 0 Å². The Kier molecular flexibility index (Phi) is 6.07. The van der Waals surface area contributed by atoms with E-state index in [0.29, 0.717) is 35.1 Å². The molecule has 1 heterocycles. The minimum absolute atomic E-state index is 0.0374. The van der Waals surface area contributed by atoms with Gasteiger partial charge in [-0.25, -0.2) is 0 Å². The van der Waals surface area contributed by atoms with Gasteiger partial charge in [-0.15, -0.1) is 0 Å². The molecule has 0 bridgehead atoms. The van der Waals surface area contributed by atoms with E-state index in [9.17, 15) is 14.4 Å². The van der Waals surface area contributed by atoms with E-state index in [-0.39, 0.29) is 18.4 Å². The zero-order chi connectivity index (χ0) is 17.9. The number of carbonyl (C=O) groups is 3. The summed E-state index contributed by atoms with van der Waals surface area (Å²) in [5.74, 6) is -2.44. The first-order chi connectivity index (χ1) is 11.3. The van der Waals surface area contributed by atoms with Crippen molar-refractivity contribution in [1.29, 1.82) is 0 Å². The van der Waals surface area contributed by atoms with Crippen molar-refractivity contribution in [2.45, 2.75) is 32.2 Å². The van der Waals surface area contributed by atoms with Gasteiger partial charge in [0.1, 0.15) is 5.92 Å². The van der Waals surface area contributed by atoms with Crippen molar-refractivity contribution in [2.24, 2.45) is 5.92 Å². The second-order valence-corrected chi connectivity index (χ2v) is 6.61. The minimum Gasteiger partial charge on any atom is -0.481 e. The Morgan fingerprint density at radius 2 is 2.12 bits per heavy atom. The normalized spacial score (nSPS) is 18.5. The molecule has 2 rings (SSSR count). The van der Waals surface area contributed by atoms with Crippen molar-refractivity contribution in [3.8, 4) is 0 Å². The number of rotatable bonds is 6. The molecule has 1 saturated heterocycles. The van der Waals surface area contributed by atoms with E-state index in [1.54, 1.807) is 25.1 Å². The minimum atomic E-state index is -0.921. The molecule has 0 radical (unpaired) electrons. The predicted octanol–water partition coefficient (Wildman–Crippen LogP) is 2.72. The number of nitrogens with zero attached hydrogens (tertiary/aromatic N) is 1. The van der Waals surface area contributed by atoms with Gasteiger partial charge in [0.25, 0.3) is 0 Å². The van der Waals surface area contributed by atoms with Gasteiger partial charge < -0.3 is 15.3 Å². The van der Waals surface area contributed by atoms with E-state index >= 15 is 0 Å². The number of carboxylic acids is 1. The number of nitrogens with one attached hydrogen (secondary N) is 1. The lowest BCUT2D eigenvalue weighted by Gasteiger charge is -2.19. The highest BCUT2D eigenvalue weighted by molar-refractivity contribution is 6.36. The number of benzene rings is 1. The molecule has 2 amide bonds.